The molecule has 51 heavy (non-hydrogen) atoms. The Morgan fingerprint density at radius 2 is 0.784 bits per heavy atom. The number of benzene rings is 6. The zero-order chi connectivity index (χ0) is 34.2. The molecular weight excluding hydrogens is 629 g/mol. The highest BCUT2D eigenvalue weighted by Gasteiger charge is 2.31. The van der Waals surface area contributed by atoms with Crippen molar-refractivity contribution in [2.75, 3.05) is 23.2 Å². The highest BCUT2D eigenvalue weighted by Crippen LogP contribution is 2.38. The minimum atomic E-state index is 0.116. The van der Waals surface area contributed by atoms with Crippen LogP contribution in [0.15, 0.2) is 180 Å². The normalized spacial score (nSPS) is 16.9. The molecule has 0 bridgehead atoms. The molecule has 6 nitrogen and oxygen atoms in total. The summed E-state index contributed by atoms with van der Waals surface area (Å²) < 4.78 is 12.2. The average molecular weight is 669 g/mol. The molecule has 2 aliphatic rings. The van der Waals surface area contributed by atoms with E-state index in [0.717, 1.165) is 64.7 Å². The van der Waals surface area contributed by atoms with E-state index in [9.17, 15) is 0 Å². The van der Waals surface area contributed by atoms with E-state index >= 15 is 0 Å². The van der Waals surface area contributed by atoms with Gasteiger partial charge in [0.15, 0.2) is 0 Å². The van der Waals surface area contributed by atoms with Crippen LogP contribution in [0.25, 0.3) is 0 Å². The SMILES string of the molecule is c1ccc(C2=NN(c3ccccc3)C(c3ccc(OCCCOc4ccc(C5CC(c6ccccc6)=NN5c5ccccc5)cc4)cc3)C2)cc1. The number of ether oxygens (including phenoxy) is 2. The lowest BCUT2D eigenvalue weighted by molar-refractivity contribution is 0.247. The third kappa shape index (κ3) is 7.41. The van der Waals surface area contributed by atoms with E-state index in [2.05, 4.69) is 156 Å². The van der Waals surface area contributed by atoms with Crippen LogP contribution in [0.4, 0.5) is 11.4 Å². The largest absolute Gasteiger partial charge is 0.493 e. The number of anilines is 2. The van der Waals surface area contributed by atoms with Crippen molar-refractivity contribution in [3.8, 4) is 11.5 Å². The number of hydrogen-bond acceptors (Lipinski definition) is 6. The molecule has 0 amide bonds. The van der Waals surface area contributed by atoms with Crippen molar-refractivity contribution in [2.24, 2.45) is 10.2 Å². The van der Waals surface area contributed by atoms with Crippen LogP contribution in [0.1, 0.15) is 53.6 Å². The molecule has 0 spiro atoms. The van der Waals surface area contributed by atoms with Crippen LogP contribution >= 0.6 is 0 Å². The summed E-state index contributed by atoms with van der Waals surface area (Å²) >= 11 is 0. The average Bonchev–Trinajstić information content (AvgIpc) is 3.86. The van der Waals surface area contributed by atoms with Gasteiger partial charge in [0.2, 0.25) is 0 Å². The molecule has 2 heterocycles. The molecule has 2 atom stereocenters. The minimum Gasteiger partial charge on any atom is -0.493 e. The van der Waals surface area contributed by atoms with E-state index in [-0.39, 0.29) is 12.1 Å². The van der Waals surface area contributed by atoms with Crippen LogP contribution in [0.3, 0.4) is 0 Å². The highest BCUT2D eigenvalue weighted by molar-refractivity contribution is 6.04. The predicted octanol–water partition coefficient (Wildman–Crippen LogP) is 10.2. The first-order chi connectivity index (χ1) is 25.3. The van der Waals surface area contributed by atoms with Crippen molar-refractivity contribution in [3.05, 3.63) is 192 Å². The van der Waals surface area contributed by atoms with Gasteiger partial charge in [-0.2, -0.15) is 10.2 Å². The Morgan fingerprint density at radius 1 is 0.431 bits per heavy atom. The standard InChI is InChI=1S/C45H40N4O2/c1-5-14-34(15-6-1)42-32-44(48(46-42)38-18-9-3-10-19-38)36-22-26-40(27-23-36)50-30-13-31-51-41-28-24-37(25-29-41)45-33-43(35-16-7-2-8-17-35)47-49(45)39-20-11-4-12-21-39/h1-12,14-29,44-45H,13,30-33H2. The maximum atomic E-state index is 6.11. The van der Waals surface area contributed by atoms with Gasteiger partial charge in [0, 0.05) is 19.3 Å². The molecule has 0 aromatic heterocycles. The maximum Gasteiger partial charge on any atom is 0.119 e. The zero-order valence-electron chi connectivity index (χ0n) is 28.5. The number of rotatable bonds is 12. The fourth-order valence-electron chi connectivity index (χ4n) is 6.80. The van der Waals surface area contributed by atoms with E-state index < -0.39 is 0 Å². The van der Waals surface area contributed by atoms with Gasteiger partial charge < -0.3 is 9.47 Å². The van der Waals surface area contributed by atoms with Crippen LogP contribution in [-0.2, 0) is 0 Å². The maximum absolute atomic E-state index is 6.11. The lowest BCUT2D eigenvalue weighted by atomic mass is 9.98. The van der Waals surface area contributed by atoms with Crippen molar-refractivity contribution in [1.82, 2.24) is 0 Å². The van der Waals surface area contributed by atoms with Crippen molar-refractivity contribution >= 4 is 22.8 Å². The molecule has 0 saturated carbocycles. The molecule has 0 fully saturated rings. The summed E-state index contributed by atoms with van der Waals surface area (Å²) in [5, 5.41) is 14.4. The molecule has 6 heteroatoms. The van der Waals surface area contributed by atoms with Gasteiger partial charge >= 0.3 is 0 Å². The fraction of sp³-hybridized carbons (Fsp3) is 0.156. The lowest BCUT2D eigenvalue weighted by Crippen LogP contribution is -2.18. The summed E-state index contributed by atoms with van der Waals surface area (Å²) in [6.45, 7) is 1.15. The van der Waals surface area contributed by atoms with Crippen LogP contribution in [-0.4, -0.2) is 24.6 Å². The Balaban J connectivity index is 0.846. The van der Waals surface area contributed by atoms with Crippen molar-refractivity contribution < 1.29 is 9.47 Å². The first-order valence-electron chi connectivity index (χ1n) is 17.7. The second-order valence-corrected chi connectivity index (χ2v) is 12.8. The quantitative estimate of drug-likeness (QED) is 0.122. The number of nitrogens with zero attached hydrogens (tertiary/aromatic N) is 4. The molecule has 2 aliphatic heterocycles. The van der Waals surface area contributed by atoms with Gasteiger partial charge in [-0.25, -0.2) is 0 Å². The van der Waals surface area contributed by atoms with E-state index in [0.29, 0.717) is 13.2 Å². The summed E-state index contributed by atoms with van der Waals surface area (Å²) in [6.07, 6.45) is 2.46. The summed E-state index contributed by atoms with van der Waals surface area (Å²) in [5.41, 5.74) is 9.10. The fourth-order valence-corrected chi connectivity index (χ4v) is 6.80. The topological polar surface area (TPSA) is 49.7 Å². The summed E-state index contributed by atoms with van der Waals surface area (Å²) in [4.78, 5) is 0. The van der Waals surface area contributed by atoms with Gasteiger partial charge in [0.1, 0.15) is 11.5 Å². The van der Waals surface area contributed by atoms with E-state index in [4.69, 9.17) is 19.7 Å². The number of para-hydroxylation sites is 2. The smallest absolute Gasteiger partial charge is 0.119 e. The number of hydrazone groups is 2. The second-order valence-electron chi connectivity index (χ2n) is 12.8. The zero-order valence-corrected chi connectivity index (χ0v) is 28.5. The Morgan fingerprint density at radius 3 is 1.16 bits per heavy atom. The molecule has 0 saturated heterocycles. The Hall–Kier alpha value is -6.14. The third-order valence-electron chi connectivity index (χ3n) is 9.43. The van der Waals surface area contributed by atoms with Gasteiger partial charge in [0.05, 0.1) is 48.1 Å². The highest BCUT2D eigenvalue weighted by atomic mass is 16.5. The van der Waals surface area contributed by atoms with Gasteiger partial charge in [-0.3, -0.25) is 10.0 Å². The molecule has 2 unspecified atom stereocenters. The molecule has 6 aromatic carbocycles. The molecule has 0 radical (unpaired) electrons. The predicted molar refractivity (Wildman–Crippen MR) is 207 cm³/mol. The minimum absolute atomic E-state index is 0.116. The first-order valence-corrected chi connectivity index (χ1v) is 17.7. The number of hydrogen-bond donors (Lipinski definition) is 0. The summed E-state index contributed by atoms with van der Waals surface area (Å²) in [7, 11) is 0. The lowest BCUT2D eigenvalue weighted by Gasteiger charge is -2.24. The molecule has 252 valence electrons. The van der Waals surface area contributed by atoms with Gasteiger partial charge in [-0.05, 0) is 70.8 Å². The van der Waals surface area contributed by atoms with Gasteiger partial charge in [0.25, 0.3) is 0 Å². The Bertz CT molecular complexity index is 1920. The van der Waals surface area contributed by atoms with Crippen LogP contribution < -0.4 is 19.5 Å². The monoisotopic (exact) mass is 668 g/mol. The molecule has 0 aliphatic carbocycles. The summed E-state index contributed by atoms with van der Waals surface area (Å²) in [5.74, 6) is 1.71. The first kappa shape index (κ1) is 32.1. The van der Waals surface area contributed by atoms with Gasteiger partial charge in [-0.15, -0.1) is 0 Å². The Kier molecular flexibility index (Phi) is 9.55. The van der Waals surface area contributed by atoms with Crippen LogP contribution in [0.2, 0.25) is 0 Å². The van der Waals surface area contributed by atoms with Crippen molar-refractivity contribution in [2.45, 2.75) is 31.3 Å². The third-order valence-corrected chi connectivity index (χ3v) is 9.43. The second kappa shape index (κ2) is 15.2. The molecule has 0 N–H and O–H groups in total. The van der Waals surface area contributed by atoms with E-state index in [1.54, 1.807) is 0 Å². The van der Waals surface area contributed by atoms with Gasteiger partial charge in [-0.1, -0.05) is 121 Å². The van der Waals surface area contributed by atoms with Crippen molar-refractivity contribution in [3.63, 3.8) is 0 Å². The Labute approximate surface area is 299 Å². The van der Waals surface area contributed by atoms with Crippen LogP contribution in [0, 0.1) is 0 Å². The van der Waals surface area contributed by atoms with E-state index in [1.165, 1.54) is 11.1 Å². The summed E-state index contributed by atoms with van der Waals surface area (Å²) in [6, 6.07) is 58.8. The van der Waals surface area contributed by atoms with E-state index in [1.807, 2.05) is 24.3 Å². The molecular formula is C45H40N4O2. The molecule has 8 rings (SSSR count). The van der Waals surface area contributed by atoms with Crippen LogP contribution in [0.5, 0.6) is 11.5 Å². The van der Waals surface area contributed by atoms with Crippen molar-refractivity contribution in [1.29, 1.82) is 0 Å². The molecule has 6 aromatic rings.